The van der Waals surface area contributed by atoms with Crippen LogP contribution >= 0.6 is 0 Å². The third-order valence-electron chi connectivity index (χ3n) is 5.41. The van der Waals surface area contributed by atoms with Crippen LogP contribution in [-0.2, 0) is 34.6 Å². The van der Waals surface area contributed by atoms with Gasteiger partial charge in [-0.25, -0.2) is 24.2 Å². The zero-order valence-corrected chi connectivity index (χ0v) is 18.8. The van der Waals surface area contributed by atoms with Crippen LogP contribution in [0.15, 0.2) is 18.2 Å². The molecule has 12 nitrogen and oxygen atoms in total. The Morgan fingerprint density at radius 1 is 1.11 bits per heavy atom. The molecule has 1 heterocycles. The average molecular weight is 520 g/mol. The molecule has 0 saturated carbocycles. The number of piperidine rings is 1. The van der Waals surface area contributed by atoms with Crippen molar-refractivity contribution in [1.29, 1.82) is 0 Å². The summed E-state index contributed by atoms with van der Waals surface area (Å²) in [7, 11) is 0. The van der Waals surface area contributed by atoms with Gasteiger partial charge in [-0.1, -0.05) is 18.2 Å². The molecule has 2 aliphatic rings. The van der Waals surface area contributed by atoms with Crippen molar-refractivity contribution in [2.75, 3.05) is 26.2 Å². The Balaban J connectivity index is 0.000000572. The molecule has 0 radical (unpaired) electrons. The SMILES string of the molecule is CC(=O)N(CC(=O)c1cccc2c1C2(OOCC(=O)O)C(=O)O)C1CCNCC1.O=C(O)C(F)(F)F. The van der Waals surface area contributed by atoms with Crippen molar-refractivity contribution in [2.45, 2.75) is 37.6 Å². The number of nitrogens with one attached hydrogen (secondary N) is 1. The molecule has 15 heteroatoms. The van der Waals surface area contributed by atoms with Crippen molar-refractivity contribution in [3.63, 3.8) is 0 Å². The molecule has 1 aromatic carbocycles. The summed E-state index contributed by atoms with van der Waals surface area (Å²) < 4.78 is 31.7. The number of carbonyl (C=O) groups excluding carboxylic acids is 2. The topological polar surface area (TPSA) is 180 Å². The smallest absolute Gasteiger partial charge is 0.479 e. The van der Waals surface area contributed by atoms with E-state index in [0.29, 0.717) is 0 Å². The minimum Gasteiger partial charge on any atom is -0.479 e. The van der Waals surface area contributed by atoms with Crippen molar-refractivity contribution in [2.24, 2.45) is 0 Å². The Bertz CT molecular complexity index is 1040. The van der Waals surface area contributed by atoms with Crippen molar-refractivity contribution >= 4 is 29.6 Å². The Labute approximate surface area is 201 Å². The molecule has 1 aromatic rings. The zero-order chi connectivity index (χ0) is 27.3. The standard InChI is InChI=1S/C19H22N2O8.C2HF3O2/c1-11(22)21(12-5-7-20-8-6-12)9-15(23)13-3-2-4-14-17(13)19(14,18(26)27)29-28-10-16(24)25;3-2(4,5)1(6)7/h2-4,12,20H,5-10H2,1H3,(H,24,25)(H,26,27);(H,6,7). The number of amides is 1. The minimum atomic E-state index is -5.08. The number of carbonyl (C=O) groups is 5. The fraction of sp³-hybridized carbons (Fsp3) is 0.476. The number of fused-ring (bicyclic) bond motifs is 1. The number of benzene rings is 1. The van der Waals surface area contributed by atoms with Gasteiger partial charge in [-0.2, -0.15) is 13.2 Å². The summed E-state index contributed by atoms with van der Waals surface area (Å²) in [6, 6.07) is 4.39. The van der Waals surface area contributed by atoms with Gasteiger partial charge in [-0.05, 0) is 25.9 Å². The second kappa shape index (κ2) is 11.5. The zero-order valence-electron chi connectivity index (χ0n) is 18.8. The molecular formula is C21H23F3N2O10. The van der Waals surface area contributed by atoms with Crippen LogP contribution in [-0.4, -0.2) is 88.3 Å². The first-order valence-corrected chi connectivity index (χ1v) is 10.4. The van der Waals surface area contributed by atoms with E-state index in [1.807, 2.05) is 0 Å². The molecule has 36 heavy (non-hydrogen) atoms. The van der Waals surface area contributed by atoms with E-state index in [0.717, 1.165) is 25.9 Å². The molecule has 1 unspecified atom stereocenters. The highest BCUT2D eigenvalue weighted by atomic mass is 19.4. The predicted octanol–water partition coefficient (Wildman–Crippen LogP) is 0.778. The summed E-state index contributed by atoms with van der Waals surface area (Å²) in [4.78, 5) is 67.4. The van der Waals surface area contributed by atoms with Crippen LogP contribution in [0.1, 0.15) is 41.3 Å². The van der Waals surface area contributed by atoms with Crippen LogP contribution in [0.4, 0.5) is 13.2 Å². The molecule has 1 aliphatic heterocycles. The second-order valence-corrected chi connectivity index (χ2v) is 7.81. The number of Topliss-reactive ketones (excluding diaryl/α,β-unsaturated/α-hetero) is 1. The molecule has 4 N–H and O–H groups in total. The number of aliphatic carboxylic acids is 3. The van der Waals surface area contributed by atoms with Gasteiger partial charge in [-0.3, -0.25) is 9.59 Å². The van der Waals surface area contributed by atoms with E-state index in [9.17, 15) is 37.5 Å². The third-order valence-corrected chi connectivity index (χ3v) is 5.41. The number of carboxylic acids is 3. The van der Waals surface area contributed by atoms with Crippen molar-refractivity contribution in [1.82, 2.24) is 10.2 Å². The maximum Gasteiger partial charge on any atom is 0.490 e. The lowest BCUT2D eigenvalue weighted by Gasteiger charge is -2.33. The van der Waals surface area contributed by atoms with E-state index in [2.05, 4.69) is 10.2 Å². The lowest BCUT2D eigenvalue weighted by Crippen LogP contribution is -2.47. The summed E-state index contributed by atoms with van der Waals surface area (Å²) in [6.45, 7) is 1.87. The molecule has 198 valence electrons. The van der Waals surface area contributed by atoms with Crippen molar-refractivity contribution in [3.05, 3.63) is 34.9 Å². The molecule has 1 saturated heterocycles. The molecule has 3 rings (SSSR count). The monoisotopic (exact) mass is 520 g/mol. The lowest BCUT2D eigenvalue weighted by atomic mass is 10.0. The van der Waals surface area contributed by atoms with Crippen LogP contribution in [0, 0.1) is 0 Å². The van der Waals surface area contributed by atoms with Crippen molar-refractivity contribution < 1.29 is 62.2 Å². The van der Waals surface area contributed by atoms with E-state index in [1.165, 1.54) is 30.0 Å². The fourth-order valence-electron chi connectivity index (χ4n) is 3.74. The number of rotatable bonds is 9. The molecule has 0 bridgehead atoms. The summed E-state index contributed by atoms with van der Waals surface area (Å²) in [6.07, 6.45) is -3.63. The first kappa shape index (κ1) is 28.7. The maximum atomic E-state index is 13.0. The highest BCUT2D eigenvalue weighted by molar-refractivity contribution is 6.07. The number of hydrogen-bond donors (Lipinski definition) is 4. The Morgan fingerprint density at radius 2 is 1.69 bits per heavy atom. The highest BCUT2D eigenvalue weighted by Crippen LogP contribution is 2.53. The van der Waals surface area contributed by atoms with Crippen LogP contribution in [0.3, 0.4) is 0 Å². The molecule has 1 atom stereocenters. The largest absolute Gasteiger partial charge is 0.490 e. The first-order valence-electron chi connectivity index (χ1n) is 10.4. The summed E-state index contributed by atoms with van der Waals surface area (Å²) in [5, 5.41) is 28.6. The van der Waals surface area contributed by atoms with Gasteiger partial charge in [-0.15, -0.1) is 0 Å². The quantitative estimate of drug-likeness (QED) is 0.205. The van der Waals surface area contributed by atoms with Crippen LogP contribution < -0.4 is 5.32 Å². The van der Waals surface area contributed by atoms with Gasteiger partial charge in [0.15, 0.2) is 12.4 Å². The number of ketones is 1. The molecule has 1 fully saturated rings. The number of carboxylic acid groups (broad SMARTS) is 3. The van der Waals surface area contributed by atoms with Gasteiger partial charge < -0.3 is 25.5 Å². The summed E-state index contributed by atoms with van der Waals surface area (Å²) in [5.74, 6) is -6.15. The number of alkyl halides is 3. The first-order chi connectivity index (χ1) is 16.7. The van der Waals surface area contributed by atoms with Crippen molar-refractivity contribution in [3.8, 4) is 0 Å². The van der Waals surface area contributed by atoms with Gasteiger partial charge in [0, 0.05) is 29.7 Å². The summed E-state index contributed by atoms with van der Waals surface area (Å²) in [5.41, 5.74) is -1.56. The summed E-state index contributed by atoms with van der Waals surface area (Å²) >= 11 is 0. The molecule has 0 spiro atoms. The number of halogens is 3. The Hall–Kier alpha value is -3.56. The third kappa shape index (κ3) is 6.56. The van der Waals surface area contributed by atoms with E-state index in [1.54, 1.807) is 0 Å². The van der Waals surface area contributed by atoms with E-state index >= 15 is 0 Å². The molecular weight excluding hydrogens is 497 g/mol. The molecule has 1 amide bonds. The average Bonchev–Trinajstić information content (AvgIpc) is 3.46. The van der Waals surface area contributed by atoms with Gasteiger partial charge >= 0.3 is 24.1 Å². The van der Waals surface area contributed by atoms with Crippen LogP contribution in [0.5, 0.6) is 0 Å². The molecule has 0 aromatic heterocycles. The van der Waals surface area contributed by atoms with E-state index < -0.39 is 42.1 Å². The highest BCUT2D eigenvalue weighted by Gasteiger charge is 2.63. The second-order valence-electron chi connectivity index (χ2n) is 7.81. The van der Waals surface area contributed by atoms with Gasteiger partial charge in [0.1, 0.15) is 0 Å². The maximum absolute atomic E-state index is 13.0. The predicted molar refractivity (Wildman–Crippen MR) is 111 cm³/mol. The fourth-order valence-corrected chi connectivity index (χ4v) is 3.74. The van der Waals surface area contributed by atoms with Gasteiger partial charge in [0.25, 0.3) is 5.60 Å². The minimum absolute atomic E-state index is 0.0653. The lowest BCUT2D eigenvalue weighted by molar-refractivity contribution is -0.333. The number of nitrogens with zero attached hydrogens (tertiary/aromatic N) is 1. The van der Waals surface area contributed by atoms with Crippen LogP contribution in [0.25, 0.3) is 0 Å². The van der Waals surface area contributed by atoms with E-state index in [4.69, 9.17) is 19.9 Å². The normalized spacial score (nSPS) is 18.8. The Kier molecular flexibility index (Phi) is 9.12. The van der Waals surface area contributed by atoms with E-state index in [-0.39, 0.29) is 35.2 Å². The van der Waals surface area contributed by atoms with Gasteiger partial charge in [0.05, 0.1) is 6.54 Å². The Morgan fingerprint density at radius 3 is 2.17 bits per heavy atom. The van der Waals surface area contributed by atoms with Crippen LogP contribution in [0.2, 0.25) is 0 Å². The van der Waals surface area contributed by atoms with Gasteiger partial charge in [0.2, 0.25) is 5.91 Å². The molecule has 1 aliphatic carbocycles. The number of hydrogen-bond acceptors (Lipinski definition) is 8.